The summed E-state index contributed by atoms with van der Waals surface area (Å²) in [7, 11) is 67.3. The molecule has 0 bridgehead atoms. The Kier molecular flexibility index (Phi) is 14.6. The molecule has 2 heterocycles. The number of nitrogens with zero attached hydrogens (tertiary/aromatic N) is 2. The fraction of sp³-hybridized carbons (Fsp3) is 0.210. The van der Waals surface area contributed by atoms with Gasteiger partial charge in [-0.2, -0.15) is 0 Å². The van der Waals surface area contributed by atoms with E-state index >= 15 is 0 Å². The number of nitrogens with one attached hydrogen (secondary N) is 1. The molecule has 0 spiro atoms. The third-order valence-electron chi connectivity index (χ3n) is 14.9. The molecule has 9 aromatic rings. The van der Waals surface area contributed by atoms with Gasteiger partial charge in [0.1, 0.15) is 95.8 Å². The van der Waals surface area contributed by atoms with Gasteiger partial charge in [-0.25, -0.2) is 4.98 Å². The molecule has 2 aromatic heterocycles. The minimum atomic E-state index is -0.548. The van der Waals surface area contributed by atoms with Crippen LogP contribution in [-0.2, 0) is 10.8 Å². The van der Waals surface area contributed by atoms with Gasteiger partial charge in [0.25, 0.3) is 0 Å². The van der Waals surface area contributed by atoms with Crippen LogP contribution in [0.1, 0.15) is 94.7 Å². The number of anilines is 2. The lowest BCUT2D eigenvalue weighted by Crippen LogP contribution is -2.55. The Morgan fingerprint density at radius 3 is 1.63 bits per heavy atom. The zero-order chi connectivity index (χ0) is 55.0. The van der Waals surface area contributed by atoms with Crippen LogP contribution >= 0.6 is 0 Å². The molecule has 1 atom stereocenters. The van der Waals surface area contributed by atoms with E-state index in [4.69, 9.17) is 88.2 Å². The summed E-state index contributed by atoms with van der Waals surface area (Å²) < 4.78 is 9.15. The maximum Gasteiger partial charge on any atom is 0.137 e. The molecule has 350 valence electrons. The Morgan fingerprint density at radius 2 is 1.07 bits per heavy atom. The van der Waals surface area contributed by atoms with E-state index in [1.54, 1.807) is 0 Å². The first-order valence-electron chi connectivity index (χ1n) is 25.3. The van der Waals surface area contributed by atoms with E-state index in [9.17, 15) is 0 Å². The van der Waals surface area contributed by atoms with Crippen LogP contribution in [0.4, 0.5) is 11.4 Å². The van der Waals surface area contributed by atoms with Crippen molar-refractivity contribution >= 4 is 166 Å². The summed E-state index contributed by atoms with van der Waals surface area (Å²) in [6.45, 7) is 21.2. The van der Waals surface area contributed by atoms with Crippen molar-refractivity contribution in [3.8, 4) is 39.6 Å². The van der Waals surface area contributed by atoms with Gasteiger partial charge in [0.05, 0.1) is 11.0 Å². The highest BCUT2D eigenvalue weighted by molar-refractivity contribution is 6.70. The zero-order valence-corrected chi connectivity index (χ0v) is 45.1. The van der Waals surface area contributed by atoms with Crippen LogP contribution in [0.15, 0.2) is 121 Å². The predicted molar refractivity (Wildman–Crippen MR) is 334 cm³/mol. The smallest absolute Gasteiger partial charge is 0.137 e. The van der Waals surface area contributed by atoms with Crippen molar-refractivity contribution in [1.82, 2.24) is 9.55 Å². The molecule has 0 saturated carbocycles. The molecule has 0 aliphatic heterocycles. The van der Waals surface area contributed by atoms with Gasteiger partial charge in [-0.15, -0.1) is 32.8 Å². The van der Waals surface area contributed by atoms with Gasteiger partial charge < -0.3 is 10.1 Å². The van der Waals surface area contributed by atoms with Crippen molar-refractivity contribution in [2.75, 3.05) is 5.32 Å². The van der Waals surface area contributed by atoms with Crippen LogP contribution < -0.4 is 64.7 Å². The fourth-order valence-electron chi connectivity index (χ4n) is 10.6. The second kappa shape index (κ2) is 20.5. The van der Waals surface area contributed by atoms with Crippen LogP contribution in [0.25, 0.3) is 49.9 Å². The monoisotopic (exact) mass is 963 g/mol. The van der Waals surface area contributed by atoms with Crippen molar-refractivity contribution in [2.24, 2.45) is 0 Å². The molecule has 20 radical (unpaired) electrons. The standard InChI is InChI=1S/C62H51B10N3O/c1-11-30(2)45(48-46(49-51(63)55(67)59(71)56(68)52(49)64)31(3)24-32(4)47(48)50-53(65)57(69)60(72)58(70)54(50)66)40-17-12-14-18-41(40)74-35-25-34(62(8,9)10)26-37(28-35)76-36-20-21-39-38-16-13-15-19-42(38)75(43(39)29-36)44-27-33(22-23-73-44)61(5,6)7/h11-29,45,74H,1-10H3/b30-11-. The van der Waals surface area contributed by atoms with Crippen LogP contribution in [0, 0.1) is 13.8 Å². The van der Waals surface area contributed by atoms with E-state index in [1.165, 1.54) is 5.56 Å². The highest BCUT2D eigenvalue weighted by Gasteiger charge is 2.32. The lowest BCUT2D eigenvalue weighted by atomic mass is 9.57. The molecular weight excluding hydrogens is 911 g/mol. The van der Waals surface area contributed by atoms with Gasteiger partial charge >= 0.3 is 0 Å². The van der Waals surface area contributed by atoms with E-state index in [2.05, 4.69) is 137 Å². The van der Waals surface area contributed by atoms with E-state index < -0.39 is 5.92 Å². The second-order valence-electron chi connectivity index (χ2n) is 22.0. The first-order valence-corrected chi connectivity index (χ1v) is 25.3. The van der Waals surface area contributed by atoms with E-state index in [0.29, 0.717) is 33.8 Å². The molecule has 14 heteroatoms. The summed E-state index contributed by atoms with van der Waals surface area (Å²) in [6, 6.07) is 35.4. The molecule has 1 unspecified atom stereocenters. The number of ether oxygens (including phenoxy) is 1. The van der Waals surface area contributed by atoms with Gasteiger partial charge in [0, 0.05) is 46.4 Å². The molecule has 0 fully saturated rings. The van der Waals surface area contributed by atoms with Crippen molar-refractivity contribution in [3.63, 3.8) is 0 Å². The SMILES string of the molecule is [B]c1c([B])c([B])c(-c2c(C)cc(C)c(-c3c([B])c([B])c([B])c([B])c3[B])c2C(/C(C)=C\C)c2ccccc2Nc2cc(Oc3ccc4c5ccccc5n(-c5cc(C(C)(C)C)ccn5)c4c3)cc(C(C)(C)C)c2)c([B])c1[B]. The second-order valence-corrected chi connectivity index (χ2v) is 22.0. The Labute approximate surface area is 463 Å². The quantitative estimate of drug-likeness (QED) is 0.150. The highest BCUT2D eigenvalue weighted by Crippen LogP contribution is 2.48. The summed E-state index contributed by atoms with van der Waals surface area (Å²) in [5.41, 5.74) is 13.2. The average molecular weight is 962 g/mol. The first-order chi connectivity index (χ1) is 35.8. The topological polar surface area (TPSA) is 39.1 Å². The third-order valence-corrected chi connectivity index (χ3v) is 14.9. The Hall–Kier alpha value is -6.52. The molecule has 4 nitrogen and oxygen atoms in total. The van der Waals surface area contributed by atoms with Crippen molar-refractivity contribution in [3.05, 3.63) is 154 Å². The predicted octanol–water partition coefficient (Wildman–Crippen LogP) is 5.30. The number of para-hydroxylation sites is 2. The maximum absolute atomic E-state index is 6.98. The minimum absolute atomic E-state index is 0.0669. The van der Waals surface area contributed by atoms with Gasteiger partial charge in [-0.1, -0.05) is 118 Å². The highest BCUT2D eigenvalue weighted by atomic mass is 16.5. The molecule has 76 heavy (non-hydrogen) atoms. The number of aryl methyl sites for hydroxylation is 2. The molecule has 9 rings (SSSR count). The summed E-state index contributed by atoms with van der Waals surface area (Å²) in [5.74, 6) is 1.61. The number of benzene rings is 7. The summed E-state index contributed by atoms with van der Waals surface area (Å²) in [5, 5.41) is 6.07. The Bertz CT molecular complexity index is 3710. The van der Waals surface area contributed by atoms with Crippen LogP contribution in [0.2, 0.25) is 0 Å². The third kappa shape index (κ3) is 9.58. The van der Waals surface area contributed by atoms with Crippen molar-refractivity contribution in [1.29, 1.82) is 0 Å². The number of allylic oxidation sites excluding steroid dienone is 2. The largest absolute Gasteiger partial charge is 0.457 e. The van der Waals surface area contributed by atoms with E-state index in [-0.39, 0.29) is 65.5 Å². The lowest BCUT2D eigenvalue weighted by molar-refractivity contribution is 0.479. The van der Waals surface area contributed by atoms with E-state index in [0.717, 1.165) is 72.4 Å². The summed E-state index contributed by atoms with van der Waals surface area (Å²) in [6.07, 6.45) is 3.96. The van der Waals surface area contributed by atoms with Crippen LogP contribution in [0.3, 0.4) is 0 Å². The molecule has 0 amide bonds. The van der Waals surface area contributed by atoms with Gasteiger partial charge in [-0.05, 0) is 143 Å². The number of hydrogen-bond acceptors (Lipinski definition) is 3. The molecule has 1 N–H and O–H groups in total. The first kappa shape index (κ1) is 54.3. The number of rotatable bonds is 10. The Morgan fingerprint density at radius 1 is 0.539 bits per heavy atom. The minimum Gasteiger partial charge on any atom is -0.457 e. The van der Waals surface area contributed by atoms with Crippen LogP contribution in [-0.4, -0.2) is 88.0 Å². The molecular formula is C62H51B10N3O. The van der Waals surface area contributed by atoms with Crippen molar-refractivity contribution < 1.29 is 4.74 Å². The number of aromatic nitrogens is 2. The average Bonchev–Trinajstić information content (AvgIpc) is 3.77. The molecule has 0 aliphatic rings. The molecule has 0 saturated heterocycles. The number of fused-ring (bicyclic) bond motifs is 3. The summed E-state index contributed by atoms with van der Waals surface area (Å²) in [4.78, 5) is 4.90. The number of hydrogen-bond donors (Lipinski definition) is 1. The number of pyridine rings is 1. The fourth-order valence-corrected chi connectivity index (χ4v) is 10.6. The maximum atomic E-state index is 6.98. The Balaban J connectivity index is 1.24. The van der Waals surface area contributed by atoms with Gasteiger partial charge in [0.15, 0.2) is 0 Å². The normalized spacial score (nSPS) is 12.6. The summed E-state index contributed by atoms with van der Waals surface area (Å²) >= 11 is 0. The van der Waals surface area contributed by atoms with E-state index in [1.807, 2.05) is 57.3 Å². The van der Waals surface area contributed by atoms with Crippen molar-refractivity contribution in [2.45, 2.75) is 86.0 Å². The lowest BCUT2D eigenvalue weighted by Gasteiger charge is -2.34. The molecule has 0 aliphatic carbocycles. The van der Waals surface area contributed by atoms with Gasteiger partial charge in [0.2, 0.25) is 0 Å². The molecule has 7 aromatic carbocycles. The van der Waals surface area contributed by atoms with Gasteiger partial charge in [-0.3, -0.25) is 4.57 Å². The van der Waals surface area contributed by atoms with Crippen LogP contribution in [0.5, 0.6) is 11.5 Å². The zero-order valence-electron chi connectivity index (χ0n) is 45.1.